The maximum absolute atomic E-state index is 14.6. The van der Waals surface area contributed by atoms with Crippen molar-refractivity contribution in [3.8, 4) is 51.1 Å². The fourth-order valence-corrected chi connectivity index (χ4v) is 20.7. The highest BCUT2D eigenvalue weighted by molar-refractivity contribution is 5.99. The first kappa shape index (κ1) is 111. The average Bonchev–Trinajstić information content (AvgIpc) is 0.792. The van der Waals surface area contributed by atoms with Gasteiger partial charge in [-0.05, 0) is 217 Å². The van der Waals surface area contributed by atoms with Gasteiger partial charge in [-0.2, -0.15) is 5.26 Å². The van der Waals surface area contributed by atoms with Crippen molar-refractivity contribution in [3.05, 3.63) is 321 Å². The quantitative estimate of drug-likeness (QED) is 0.0262. The van der Waals surface area contributed by atoms with Gasteiger partial charge in [-0.25, -0.2) is 87.0 Å². The molecule has 0 bridgehead atoms. The number of hydrogen-bond donors (Lipinski definition) is 4. The van der Waals surface area contributed by atoms with Gasteiger partial charge in [0.1, 0.15) is 115 Å². The number of nitriles is 1. The smallest absolute Gasteiger partial charge is 0.409 e. The van der Waals surface area contributed by atoms with Crippen LogP contribution in [-0.4, -0.2) is 207 Å². The SMILES string of the molecule is COC(=O)N(C)[C@@H]1[C@H](C)C[C@H](c2ccncc2CC(=O)c2ccc(F)c(-c3c(F)cccc3F)n2)C[C@@H]1N.COC(=O)N(C)[C@@H]1[C@H](N)CN(c2ccncc2CC(=O)c2ccc(F)c(-c3c(F)cc(C)cc3F)n2)C[C@@H]1C.COC(=O)N(C)[C@@H]1[C@H](N)C[C@H](c2ccncc2CC(=O)c2ccc(F)c(-c3c(F)cccc3F)n2)C[C@@H]1C.C[C@H]1CN(c2ccncc2CC(=O)c2ccc(F)c(-c3c(F)cccc3F)n2)C[C@@H](N)[C@H]1C#N. The predicted octanol–water partition coefficient (Wildman–Crippen LogP) is 17.8. The van der Waals surface area contributed by atoms with Crippen molar-refractivity contribution in [2.24, 2.45) is 52.5 Å². The Bertz CT molecular complexity index is 6680. The van der Waals surface area contributed by atoms with Crippen LogP contribution in [0.4, 0.5) is 78.4 Å². The van der Waals surface area contributed by atoms with E-state index < -0.39 is 162 Å². The number of pyridine rings is 8. The van der Waals surface area contributed by atoms with Gasteiger partial charge in [0.25, 0.3) is 0 Å². The normalized spacial score (nSPS) is 20.4. The van der Waals surface area contributed by atoms with E-state index in [4.69, 9.17) is 37.1 Å². The Kier molecular flexibility index (Phi) is 36.5. The number of ether oxygens (including phenoxy) is 3. The molecule has 149 heavy (non-hydrogen) atoms. The highest BCUT2D eigenvalue weighted by Crippen LogP contribution is 2.44. The molecule has 4 fully saturated rings. The van der Waals surface area contributed by atoms with Crippen LogP contribution in [0.5, 0.6) is 0 Å². The highest BCUT2D eigenvalue weighted by atomic mass is 19.2. The molecule has 3 amide bonds. The van der Waals surface area contributed by atoms with Crippen molar-refractivity contribution < 1.29 is 100 Å². The Balaban J connectivity index is 0.000000166. The molecule has 40 heteroatoms. The largest absolute Gasteiger partial charge is 0.453 e. The van der Waals surface area contributed by atoms with Gasteiger partial charge in [-0.1, -0.05) is 45.9 Å². The molecule has 4 aromatic carbocycles. The van der Waals surface area contributed by atoms with Crippen molar-refractivity contribution >= 4 is 52.8 Å². The summed E-state index contributed by atoms with van der Waals surface area (Å²) in [6.45, 7) is 11.5. The Hall–Kier alpha value is -15.3. The molecule has 8 N–H and O–H groups in total. The summed E-state index contributed by atoms with van der Waals surface area (Å²) in [5.74, 6) is -13.5. The van der Waals surface area contributed by atoms with Crippen molar-refractivity contribution in [2.45, 2.75) is 140 Å². The summed E-state index contributed by atoms with van der Waals surface area (Å²) in [7, 11) is 8.95. The number of aryl methyl sites for hydroxylation is 1. The van der Waals surface area contributed by atoms with E-state index in [1.54, 1.807) is 82.9 Å². The number of anilines is 2. The van der Waals surface area contributed by atoms with E-state index >= 15 is 0 Å². The van der Waals surface area contributed by atoms with Gasteiger partial charge >= 0.3 is 18.3 Å². The minimum absolute atomic E-state index is 0.0114. The average molecular weight is 2060 g/mol. The Morgan fingerprint density at radius 3 is 0.933 bits per heavy atom. The number of carbonyl (C=O) groups excluding carboxylic acids is 7. The van der Waals surface area contributed by atoms with Crippen LogP contribution >= 0.6 is 0 Å². The third kappa shape index (κ3) is 25.4. The van der Waals surface area contributed by atoms with E-state index in [2.05, 4.69) is 45.9 Å². The summed E-state index contributed by atoms with van der Waals surface area (Å²) in [6.07, 6.45) is 13.6. The number of amides is 3. The maximum atomic E-state index is 14.6. The van der Waals surface area contributed by atoms with Gasteiger partial charge in [0, 0.05) is 169 Å². The Morgan fingerprint density at radius 2 is 0.638 bits per heavy atom. The molecule has 2 saturated heterocycles. The number of benzene rings is 4. The molecule has 8 aromatic heterocycles. The van der Waals surface area contributed by atoms with E-state index in [0.717, 1.165) is 114 Å². The molecular formula is C109H110F12N18O10. The summed E-state index contributed by atoms with van der Waals surface area (Å²) in [5.41, 5.74) is 26.6. The fraction of sp³-hybridized carbons (Fsp3) is 0.339. The number of Topliss-reactive ketones (excluding diaryl/α,β-unsaturated/α-hetero) is 4. The molecule has 780 valence electrons. The third-order valence-corrected chi connectivity index (χ3v) is 27.5. The van der Waals surface area contributed by atoms with Crippen LogP contribution < -0.4 is 32.7 Å². The molecule has 16 rings (SSSR count). The number of piperidine rings is 2. The van der Waals surface area contributed by atoms with E-state index in [1.165, 1.54) is 79.4 Å². The molecule has 28 nitrogen and oxygen atoms in total. The number of methoxy groups -OCH3 is 3. The second-order valence-corrected chi connectivity index (χ2v) is 37.6. The van der Waals surface area contributed by atoms with Crippen LogP contribution in [0.1, 0.15) is 146 Å². The monoisotopic (exact) mass is 2060 g/mol. The number of rotatable bonds is 23. The van der Waals surface area contributed by atoms with E-state index in [9.17, 15) is 91.5 Å². The molecule has 12 aromatic rings. The Morgan fingerprint density at radius 1 is 0.356 bits per heavy atom. The lowest BCUT2D eigenvalue weighted by Crippen LogP contribution is -2.62. The highest BCUT2D eigenvalue weighted by Gasteiger charge is 2.44. The zero-order chi connectivity index (χ0) is 108. The number of hydrogen-bond acceptors (Lipinski definition) is 25. The molecule has 4 aliphatic rings. The summed E-state index contributed by atoms with van der Waals surface area (Å²) >= 11 is 0. The first-order chi connectivity index (χ1) is 71.0. The predicted molar refractivity (Wildman–Crippen MR) is 530 cm³/mol. The second kappa shape index (κ2) is 49.0. The molecule has 2 aliphatic heterocycles. The molecule has 0 unspecified atom stereocenters. The van der Waals surface area contributed by atoms with Gasteiger partial charge in [0.15, 0.2) is 23.1 Å². The molecule has 10 heterocycles. The lowest BCUT2D eigenvalue weighted by molar-refractivity contribution is 0.0774. The fourth-order valence-electron chi connectivity index (χ4n) is 20.7. The van der Waals surface area contributed by atoms with Crippen molar-refractivity contribution in [3.63, 3.8) is 0 Å². The molecule has 0 radical (unpaired) electrons. The van der Waals surface area contributed by atoms with Crippen molar-refractivity contribution in [1.29, 1.82) is 5.26 Å². The van der Waals surface area contributed by atoms with Gasteiger partial charge in [-0.15, -0.1) is 0 Å². The Labute approximate surface area is 851 Å². The van der Waals surface area contributed by atoms with Gasteiger partial charge in [-0.3, -0.25) is 39.1 Å². The summed E-state index contributed by atoms with van der Waals surface area (Å²) < 4.78 is 187. The van der Waals surface area contributed by atoms with Crippen LogP contribution in [-0.2, 0) is 39.9 Å². The van der Waals surface area contributed by atoms with Crippen LogP contribution in [0.15, 0.2) is 189 Å². The molecule has 0 spiro atoms. The van der Waals surface area contributed by atoms with Crippen LogP contribution in [0, 0.1) is 118 Å². The molecule has 14 atom stereocenters. The van der Waals surface area contributed by atoms with E-state index in [0.29, 0.717) is 66.8 Å². The minimum atomic E-state index is -0.977. The lowest BCUT2D eigenvalue weighted by Gasteiger charge is -2.45. The summed E-state index contributed by atoms with van der Waals surface area (Å²) in [6, 6.07) is 27.8. The number of nitrogens with two attached hydrogens (primary N) is 4. The summed E-state index contributed by atoms with van der Waals surface area (Å²) in [5, 5.41) is 9.36. The van der Waals surface area contributed by atoms with Gasteiger partial charge < -0.3 is 61.6 Å². The zero-order valence-corrected chi connectivity index (χ0v) is 83.2. The zero-order valence-electron chi connectivity index (χ0n) is 83.2. The van der Waals surface area contributed by atoms with Crippen molar-refractivity contribution in [2.75, 3.05) is 78.5 Å². The van der Waals surface area contributed by atoms with Crippen LogP contribution in [0.2, 0.25) is 0 Å². The number of nitrogens with zero attached hydrogens (tertiary/aromatic N) is 14. The number of aromatic nitrogens is 8. The van der Waals surface area contributed by atoms with Crippen LogP contribution in [0.3, 0.4) is 0 Å². The molecule has 2 saturated carbocycles. The van der Waals surface area contributed by atoms with E-state index in [1.807, 2.05) is 49.6 Å². The maximum Gasteiger partial charge on any atom is 0.409 e. The third-order valence-electron chi connectivity index (χ3n) is 27.5. The number of halogens is 12. The summed E-state index contributed by atoms with van der Waals surface area (Å²) in [4.78, 5) is 130. The number of carbonyl (C=O) groups is 7. The first-order valence-electron chi connectivity index (χ1n) is 47.7. The van der Waals surface area contributed by atoms with Gasteiger partial charge in [0.05, 0.1) is 73.7 Å². The minimum Gasteiger partial charge on any atom is -0.453 e. The molecular weight excluding hydrogens is 1950 g/mol. The lowest BCUT2D eigenvalue weighted by atomic mass is 9.72. The van der Waals surface area contributed by atoms with E-state index in [-0.39, 0.29) is 126 Å². The number of likely N-dealkylation sites (N-methyl/N-ethyl adjacent to an activating group) is 3. The standard InChI is InChI=1S/C28H30F3N5O3.2C28H29F3N4O3.C25H22F3N5O/c1-15-9-19(30)25(20(31)10-15)26-18(29)5-6-22(34-26)24(37)11-17-12-33-8-7-23(17)36-13-16(2)27(21(32)14-36)35(3)28(38)39-4;2*1-15-11-16(12-22(32)27(15)35(2)28(37)38-3)18-9-10-33-14-17(18)13-24(36)23-8-7-21(31)26(34-23)25-19(29)5-4-6-20(25)30;1-14-12-33(13-20(30)16(14)10-29)22-7-8-31-11-15(22)9-23(34)21-6-5-19(28)25(32-21)24-17(26)3-2-4-18(24)27/h5-10,12,16,21,27H,11,13-14,32H2,1-4H3;2*4-10,14-16,22,27H,11-13,32H2,1-3H3;2-8,11,14,16,20H,9,12-13,30H2,1H3/t16-,21+,27-;2*15-,16+,22+,27-;14-,16-,20+/m0100/s1. The topological polar surface area (TPSA) is 394 Å². The number of ketones is 4. The van der Waals surface area contributed by atoms with Gasteiger partial charge in [0.2, 0.25) is 0 Å². The molecule has 2 aliphatic carbocycles. The van der Waals surface area contributed by atoms with Crippen LogP contribution in [0.25, 0.3) is 45.0 Å². The first-order valence-corrected chi connectivity index (χ1v) is 47.7. The second-order valence-electron chi connectivity index (χ2n) is 37.6. The van der Waals surface area contributed by atoms with Crippen molar-refractivity contribution in [1.82, 2.24) is 54.6 Å².